The molecular formula is C14H28IN3. The fourth-order valence-corrected chi connectivity index (χ4v) is 3.37. The second-order valence-corrected chi connectivity index (χ2v) is 6.17. The molecule has 0 radical (unpaired) electrons. The highest BCUT2D eigenvalue weighted by molar-refractivity contribution is 14.0. The van der Waals surface area contributed by atoms with Gasteiger partial charge in [0, 0.05) is 19.6 Å². The molecule has 0 unspecified atom stereocenters. The van der Waals surface area contributed by atoms with Crippen LogP contribution in [0.4, 0.5) is 0 Å². The van der Waals surface area contributed by atoms with E-state index in [0.29, 0.717) is 5.41 Å². The van der Waals surface area contributed by atoms with Crippen LogP contribution in [-0.2, 0) is 0 Å². The SMILES string of the molecule is CC(C)CC1(CNC2=NCCCN2)CCCC1.I. The number of hydrogen-bond donors (Lipinski definition) is 2. The Kier molecular flexibility index (Phi) is 6.74. The molecule has 0 aromatic carbocycles. The van der Waals surface area contributed by atoms with Crippen molar-refractivity contribution in [1.82, 2.24) is 10.6 Å². The Labute approximate surface area is 129 Å². The summed E-state index contributed by atoms with van der Waals surface area (Å²) in [5, 5.41) is 6.90. The van der Waals surface area contributed by atoms with Crippen LogP contribution in [0.25, 0.3) is 0 Å². The molecule has 0 atom stereocenters. The van der Waals surface area contributed by atoms with Crippen LogP contribution in [0.3, 0.4) is 0 Å². The summed E-state index contributed by atoms with van der Waals surface area (Å²) < 4.78 is 0. The van der Waals surface area contributed by atoms with Gasteiger partial charge in [0.2, 0.25) is 0 Å². The maximum absolute atomic E-state index is 4.50. The van der Waals surface area contributed by atoms with Crippen molar-refractivity contribution in [3.8, 4) is 0 Å². The molecule has 18 heavy (non-hydrogen) atoms. The number of nitrogens with zero attached hydrogens (tertiary/aromatic N) is 1. The second-order valence-electron chi connectivity index (χ2n) is 6.17. The number of guanidine groups is 1. The van der Waals surface area contributed by atoms with Crippen LogP contribution in [0.2, 0.25) is 0 Å². The summed E-state index contributed by atoms with van der Waals surface area (Å²) in [6.45, 7) is 7.85. The van der Waals surface area contributed by atoms with E-state index >= 15 is 0 Å². The van der Waals surface area contributed by atoms with Crippen molar-refractivity contribution in [2.75, 3.05) is 19.6 Å². The van der Waals surface area contributed by atoms with Crippen LogP contribution in [0.1, 0.15) is 52.4 Å². The molecule has 2 N–H and O–H groups in total. The van der Waals surface area contributed by atoms with E-state index in [0.717, 1.165) is 31.5 Å². The third kappa shape index (κ3) is 4.59. The first-order valence-electron chi connectivity index (χ1n) is 7.22. The summed E-state index contributed by atoms with van der Waals surface area (Å²) in [4.78, 5) is 4.50. The van der Waals surface area contributed by atoms with Gasteiger partial charge in [-0.25, -0.2) is 0 Å². The van der Waals surface area contributed by atoms with Crippen LogP contribution >= 0.6 is 24.0 Å². The van der Waals surface area contributed by atoms with Gasteiger partial charge in [0.1, 0.15) is 0 Å². The molecule has 0 bridgehead atoms. The van der Waals surface area contributed by atoms with E-state index in [4.69, 9.17) is 0 Å². The zero-order chi connectivity index (χ0) is 12.1. The van der Waals surface area contributed by atoms with E-state index in [1.807, 2.05) is 0 Å². The van der Waals surface area contributed by atoms with Gasteiger partial charge >= 0.3 is 0 Å². The van der Waals surface area contributed by atoms with Crippen LogP contribution in [-0.4, -0.2) is 25.6 Å². The summed E-state index contributed by atoms with van der Waals surface area (Å²) in [5.41, 5.74) is 0.538. The highest BCUT2D eigenvalue weighted by Crippen LogP contribution is 2.42. The molecule has 0 saturated heterocycles. The van der Waals surface area contributed by atoms with Gasteiger partial charge in [-0.3, -0.25) is 4.99 Å². The zero-order valence-electron chi connectivity index (χ0n) is 11.8. The predicted molar refractivity (Wildman–Crippen MR) is 88.7 cm³/mol. The Hall–Kier alpha value is 0. The van der Waals surface area contributed by atoms with Gasteiger partial charge in [0.15, 0.2) is 5.96 Å². The molecule has 0 aromatic heterocycles. The van der Waals surface area contributed by atoms with Crippen molar-refractivity contribution in [3.05, 3.63) is 0 Å². The lowest BCUT2D eigenvalue weighted by Gasteiger charge is -2.32. The minimum Gasteiger partial charge on any atom is -0.356 e. The summed E-state index contributed by atoms with van der Waals surface area (Å²) >= 11 is 0. The van der Waals surface area contributed by atoms with E-state index in [1.54, 1.807) is 0 Å². The summed E-state index contributed by atoms with van der Waals surface area (Å²) in [5.74, 6) is 1.84. The molecule has 1 aliphatic heterocycles. The normalized spacial score (nSPS) is 22.1. The van der Waals surface area contributed by atoms with Crippen molar-refractivity contribution in [2.45, 2.75) is 52.4 Å². The Balaban J connectivity index is 0.00000162. The molecule has 4 heteroatoms. The Morgan fingerprint density at radius 1 is 1.28 bits per heavy atom. The first kappa shape index (κ1) is 16.1. The lowest BCUT2D eigenvalue weighted by atomic mass is 9.78. The third-order valence-corrected chi connectivity index (χ3v) is 4.03. The van der Waals surface area contributed by atoms with Crippen molar-refractivity contribution < 1.29 is 0 Å². The van der Waals surface area contributed by atoms with E-state index in [9.17, 15) is 0 Å². The van der Waals surface area contributed by atoms with Crippen molar-refractivity contribution in [2.24, 2.45) is 16.3 Å². The molecule has 1 aliphatic carbocycles. The van der Waals surface area contributed by atoms with Gasteiger partial charge in [-0.15, -0.1) is 24.0 Å². The van der Waals surface area contributed by atoms with Crippen LogP contribution < -0.4 is 10.6 Å². The summed E-state index contributed by atoms with van der Waals surface area (Å²) in [6.07, 6.45) is 8.13. The van der Waals surface area contributed by atoms with E-state index in [2.05, 4.69) is 29.5 Å². The molecule has 0 amide bonds. The van der Waals surface area contributed by atoms with Crippen LogP contribution in [0.15, 0.2) is 4.99 Å². The Bertz CT molecular complexity index is 270. The minimum atomic E-state index is 0. The monoisotopic (exact) mass is 365 g/mol. The highest BCUT2D eigenvalue weighted by atomic mass is 127. The van der Waals surface area contributed by atoms with Gasteiger partial charge < -0.3 is 10.6 Å². The van der Waals surface area contributed by atoms with Gasteiger partial charge in [0.05, 0.1) is 0 Å². The fourth-order valence-electron chi connectivity index (χ4n) is 3.37. The number of nitrogens with one attached hydrogen (secondary N) is 2. The zero-order valence-corrected chi connectivity index (χ0v) is 14.1. The highest BCUT2D eigenvalue weighted by Gasteiger charge is 2.34. The van der Waals surface area contributed by atoms with Crippen LogP contribution in [0.5, 0.6) is 0 Å². The topological polar surface area (TPSA) is 36.4 Å². The number of aliphatic imine (C=N–C) groups is 1. The molecule has 1 fully saturated rings. The lowest BCUT2D eigenvalue weighted by Crippen LogP contribution is -2.45. The van der Waals surface area contributed by atoms with Crippen molar-refractivity contribution in [1.29, 1.82) is 0 Å². The summed E-state index contributed by atoms with van der Waals surface area (Å²) in [6, 6.07) is 0. The molecule has 2 rings (SSSR count). The standard InChI is InChI=1S/C14H27N3.HI/c1-12(2)10-14(6-3-4-7-14)11-17-13-15-8-5-9-16-13;/h12H,3-11H2,1-2H3,(H2,15,16,17);1H. The molecular weight excluding hydrogens is 337 g/mol. The van der Waals surface area contributed by atoms with Gasteiger partial charge in [-0.1, -0.05) is 26.7 Å². The molecule has 1 saturated carbocycles. The molecule has 3 nitrogen and oxygen atoms in total. The molecule has 2 aliphatic rings. The first-order valence-corrected chi connectivity index (χ1v) is 7.22. The van der Waals surface area contributed by atoms with E-state index in [1.165, 1.54) is 38.5 Å². The van der Waals surface area contributed by atoms with Crippen LogP contribution in [0, 0.1) is 11.3 Å². The Morgan fingerprint density at radius 2 is 2.00 bits per heavy atom. The van der Waals surface area contributed by atoms with Gasteiger partial charge in [-0.05, 0) is 37.0 Å². The lowest BCUT2D eigenvalue weighted by molar-refractivity contribution is 0.234. The van der Waals surface area contributed by atoms with Crippen molar-refractivity contribution in [3.63, 3.8) is 0 Å². The average molecular weight is 365 g/mol. The molecule has 106 valence electrons. The maximum atomic E-state index is 4.50. The largest absolute Gasteiger partial charge is 0.356 e. The van der Waals surface area contributed by atoms with E-state index < -0.39 is 0 Å². The molecule has 0 spiro atoms. The maximum Gasteiger partial charge on any atom is 0.191 e. The van der Waals surface area contributed by atoms with Crippen molar-refractivity contribution >= 4 is 29.9 Å². The smallest absolute Gasteiger partial charge is 0.191 e. The quantitative estimate of drug-likeness (QED) is 0.751. The molecule has 0 aromatic rings. The molecule has 1 heterocycles. The number of hydrogen-bond acceptors (Lipinski definition) is 3. The second kappa shape index (κ2) is 7.56. The number of rotatable bonds is 4. The summed E-state index contributed by atoms with van der Waals surface area (Å²) in [7, 11) is 0. The fraction of sp³-hybridized carbons (Fsp3) is 0.929. The van der Waals surface area contributed by atoms with Gasteiger partial charge in [-0.2, -0.15) is 0 Å². The predicted octanol–water partition coefficient (Wildman–Crippen LogP) is 3.15. The Morgan fingerprint density at radius 3 is 2.56 bits per heavy atom. The average Bonchev–Trinajstić information content (AvgIpc) is 2.76. The van der Waals surface area contributed by atoms with E-state index in [-0.39, 0.29) is 24.0 Å². The van der Waals surface area contributed by atoms with Gasteiger partial charge in [0.25, 0.3) is 0 Å². The minimum absolute atomic E-state index is 0. The number of halogens is 1. The first-order chi connectivity index (χ1) is 8.20. The third-order valence-electron chi connectivity index (χ3n) is 4.03.